The van der Waals surface area contributed by atoms with E-state index in [9.17, 15) is 9.59 Å². The first-order valence-electron chi connectivity index (χ1n) is 14.7. The van der Waals surface area contributed by atoms with Crippen molar-refractivity contribution in [3.8, 4) is 0 Å². The Kier molecular flexibility index (Phi) is 18.9. The lowest BCUT2D eigenvalue weighted by atomic mass is 10.0. The molecule has 0 radical (unpaired) electrons. The van der Waals surface area contributed by atoms with Crippen LogP contribution in [0.2, 0.25) is 0 Å². The van der Waals surface area contributed by atoms with Crippen molar-refractivity contribution in [2.45, 2.75) is 111 Å². The predicted octanol–water partition coefficient (Wildman–Crippen LogP) is 7.88. The number of allylic oxidation sites excluding steroid dienone is 3. The Morgan fingerprint density at radius 1 is 0.757 bits per heavy atom. The highest BCUT2D eigenvalue weighted by Gasteiger charge is 2.17. The van der Waals surface area contributed by atoms with Crippen LogP contribution >= 0.6 is 0 Å². The van der Waals surface area contributed by atoms with E-state index in [-0.39, 0.29) is 11.8 Å². The maximum atomic E-state index is 13.0. The molecule has 1 aromatic carbocycles. The van der Waals surface area contributed by atoms with Gasteiger partial charge in [-0.15, -0.1) is 0 Å². The third-order valence-corrected chi connectivity index (χ3v) is 6.51. The number of unbranched alkanes of at least 4 members (excludes halogenated alkanes) is 10. The van der Waals surface area contributed by atoms with Gasteiger partial charge in [0.15, 0.2) is 5.78 Å². The van der Waals surface area contributed by atoms with Crippen LogP contribution in [0.4, 0.5) is 0 Å². The Morgan fingerprint density at radius 2 is 1.30 bits per heavy atom. The van der Waals surface area contributed by atoms with Gasteiger partial charge in [-0.3, -0.25) is 4.79 Å². The first-order chi connectivity index (χ1) is 18.0. The second-order valence-corrected chi connectivity index (χ2v) is 9.79. The summed E-state index contributed by atoms with van der Waals surface area (Å²) < 4.78 is 5.39. The minimum Gasteiger partial charge on any atom is -0.463 e. The molecule has 0 aliphatic rings. The maximum Gasteiger partial charge on any atom is 0.336 e. The van der Waals surface area contributed by atoms with Crippen LogP contribution < -0.4 is 10.6 Å². The summed E-state index contributed by atoms with van der Waals surface area (Å²) >= 11 is 0. The largest absolute Gasteiger partial charge is 0.463 e. The highest BCUT2D eigenvalue weighted by molar-refractivity contribution is 6.05. The Morgan fingerprint density at radius 3 is 1.86 bits per heavy atom. The van der Waals surface area contributed by atoms with Gasteiger partial charge < -0.3 is 15.4 Å². The van der Waals surface area contributed by atoms with E-state index in [0.29, 0.717) is 24.2 Å². The van der Waals surface area contributed by atoms with Gasteiger partial charge in [0.2, 0.25) is 0 Å². The molecule has 5 nitrogen and oxygen atoms in total. The van der Waals surface area contributed by atoms with Crippen molar-refractivity contribution in [2.24, 2.45) is 0 Å². The molecule has 0 unspecified atom stereocenters. The van der Waals surface area contributed by atoms with Gasteiger partial charge in [0.25, 0.3) is 0 Å². The molecule has 1 aromatic rings. The number of hydrogen-bond acceptors (Lipinski definition) is 5. The normalized spacial score (nSPS) is 12.2. The maximum absolute atomic E-state index is 13.0. The van der Waals surface area contributed by atoms with Crippen molar-refractivity contribution in [3.05, 3.63) is 58.9 Å². The second kappa shape index (κ2) is 21.5. The lowest BCUT2D eigenvalue weighted by Gasteiger charge is -2.17. The molecular formula is C32H52N2O3. The number of carbonyl (C=O) groups excluding carboxylic acids is 2. The number of ether oxygens (including phenoxy) is 1. The van der Waals surface area contributed by atoms with Crippen LogP contribution in [0.3, 0.4) is 0 Å². The fourth-order valence-corrected chi connectivity index (χ4v) is 4.22. The van der Waals surface area contributed by atoms with Crippen LogP contribution in [0.1, 0.15) is 122 Å². The van der Waals surface area contributed by atoms with Gasteiger partial charge in [-0.25, -0.2) is 4.79 Å². The first-order valence-corrected chi connectivity index (χ1v) is 14.7. The van der Waals surface area contributed by atoms with E-state index >= 15 is 0 Å². The molecule has 0 saturated carbocycles. The van der Waals surface area contributed by atoms with Crippen LogP contribution in [0.25, 0.3) is 0 Å². The number of rotatable bonds is 22. The Hall–Kier alpha value is -2.56. The number of nitrogens with one attached hydrogen (secondary N) is 2. The number of hydrogen-bond donors (Lipinski definition) is 2. The summed E-state index contributed by atoms with van der Waals surface area (Å²) in [6, 6.07) is 9.27. The number of benzene rings is 1. The molecular weight excluding hydrogens is 460 g/mol. The fourth-order valence-electron chi connectivity index (χ4n) is 4.22. The zero-order valence-electron chi connectivity index (χ0n) is 24.0. The van der Waals surface area contributed by atoms with Gasteiger partial charge in [-0.1, -0.05) is 108 Å². The van der Waals surface area contributed by atoms with E-state index < -0.39 is 0 Å². The molecule has 208 valence electrons. The van der Waals surface area contributed by atoms with Crippen LogP contribution in [-0.4, -0.2) is 31.4 Å². The molecule has 0 atom stereocenters. The van der Waals surface area contributed by atoms with Gasteiger partial charge in [0, 0.05) is 42.5 Å². The molecule has 0 aromatic heterocycles. The molecule has 0 heterocycles. The molecule has 1 rings (SSSR count). The molecule has 0 saturated heterocycles. The van der Waals surface area contributed by atoms with Crippen LogP contribution in [0.5, 0.6) is 0 Å². The van der Waals surface area contributed by atoms with Gasteiger partial charge in [-0.05, 0) is 26.7 Å². The van der Waals surface area contributed by atoms with Crippen molar-refractivity contribution in [1.29, 1.82) is 0 Å². The number of esters is 1. The summed E-state index contributed by atoms with van der Waals surface area (Å²) in [7, 11) is 0. The van der Waals surface area contributed by atoms with Gasteiger partial charge in [0.1, 0.15) is 0 Å². The zero-order valence-corrected chi connectivity index (χ0v) is 24.0. The highest BCUT2D eigenvalue weighted by Crippen LogP contribution is 2.17. The summed E-state index contributed by atoms with van der Waals surface area (Å²) in [5, 5.41) is 6.90. The van der Waals surface area contributed by atoms with Gasteiger partial charge in [-0.2, -0.15) is 0 Å². The Labute approximate surface area is 226 Å². The quantitative estimate of drug-likeness (QED) is 0.0716. The molecule has 5 heteroatoms. The summed E-state index contributed by atoms with van der Waals surface area (Å²) in [5.74, 6) is -0.387. The van der Waals surface area contributed by atoms with Gasteiger partial charge in [0.05, 0.1) is 12.2 Å². The standard InChI is InChI=1S/C32H52N2O3/c1-5-8-10-12-14-19-23-33-27(4)30(32(36)37-7-3)25-29(34-24-20-15-13-11-9-6-2)26-31(35)28-21-17-16-18-22-28/h16-18,21-22,26,33-34H,5-15,19-20,23-25H2,1-4H3. The topological polar surface area (TPSA) is 67.4 Å². The molecule has 0 aliphatic carbocycles. The van der Waals surface area contributed by atoms with E-state index in [0.717, 1.165) is 43.7 Å². The SMILES string of the molecule is CCCCCCCCNC(=CC(=O)c1ccccc1)CC(C(=O)OCC)=C(C)NCCCCCCCC. The van der Waals surface area contributed by atoms with Gasteiger partial charge >= 0.3 is 5.97 Å². The lowest BCUT2D eigenvalue weighted by Crippen LogP contribution is -2.23. The van der Waals surface area contributed by atoms with Crippen molar-refractivity contribution < 1.29 is 14.3 Å². The molecule has 0 spiro atoms. The van der Waals surface area contributed by atoms with Crippen LogP contribution in [0.15, 0.2) is 53.4 Å². The summed E-state index contributed by atoms with van der Waals surface area (Å²) in [5.41, 5.74) is 2.80. The minimum absolute atomic E-state index is 0.0630. The molecule has 0 aliphatic heterocycles. The molecule has 0 fully saturated rings. The predicted molar refractivity (Wildman–Crippen MR) is 156 cm³/mol. The van der Waals surface area contributed by atoms with E-state index in [1.165, 1.54) is 57.8 Å². The molecule has 2 N–H and O–H groups in total. The fraction of sp³-hybridized carbons (Fsp3) is 0.625. The molecule has 0 bridgehead atoms. The average Bonchev–Trinajstić information content (AvgIpc) is 2.90. The highest BCUT2D eigenvalue weighted by atomic mass is 16.5. The van der Waals surface area contributed by atoms with Crippen LogP contribution in [0, 0.1) is 0 Å². The number of ketones is 1. The van der Waals surface area contributed by atoms with Crippen molar-refractivity contribution in [1.82, 2.24) is 10.6 Å². The minimum atomic E-state index is -0.324. The Bertz CT molecular complexity index is 815. The van der Waals surface area contributed by atoms with E-state index in [1.54, 1.807) is 6.08 Å². The van der Waals surface area contributed by atoms with E-state index in [2.05, 4.69) is 24.5 Å². The molecule has 37 heavy (non-hydrogen) atoms. The second-order valence-electron chi connectivity index (χ2n) is 9.79. The van der Waals surface area contributed by atoms with Crippen LogP contribution in [-0.2, 0) is 9.53 Å². The van der Waals surface area contributed by atoms with E-state index in [1.807, 2.05) is 44.2 Å². The summed E-state index contributed by atoms with van der Waals surface area (Å²) in [4.78, 5) is 25.9. The third kappa shape index (κ3) is 15.3. The Balaban J connectivity index is 2.92. The summed E-state index contributed by atoms with van der Waals surface area (Å²) in [6.45, 7) is 10.1. The zero-order chi connectivity index (χ0) is 27.1. The van der Waals surface area contributed by atoms with Crippen molar-refractivity contribution in [3.63, 3.8) is 0 Å². The first kappa shape index (κ1) is 32.5. The summed E-state index contributed by atoms with van der Waals surface area (Å²) in [6.07, 6.45) is 16.5. The monoisotopic (exact) mass is 512 g/mol. The van der Waals surface area contributed by atoms with Crippen molar-refractivity contribution in [2.75, 3.05) is 19.7 Å². The third-order valence-electron chi connectivity index (χ3n) is 6.51. The lowest BCUT2D eigenvalue weighted by molar-refractivity contribution is -0.138. The smallest absolute Gasteiger partial charge is 0.336 e. The average molecular weight is 513 g/mol. The van der Waals surface area contributed by atoms with Crippen molar-refractivity contribution >= 4 is 11.8 Å². The van der Waals surface area contributed by atoms with E-state index in [4.69, 9.17) is 4.74 Å². The number of carbonyl (C=O) groups is 2. The molecule has 0 amide bonds.